The zero-order valence-electron chi connectivity index (χ0n) is 14.0. The number of anilines is 2. The number of aromatic nitrogens is 2. The minimum absolute atomic E-state index is 0.0432. The van der Waals surface area contributed by atoms with Gasteiger partial charge in [-0.2, -0.15) is 0 Å². The van der Waals surface area contributed by atoms with Crippen molar-refractivity contribution in [1.29, 1.82) is 0 Å². The van der Waals surface area contributed by atoms with Crippen LogP contribution in [-0.4, -0.2) is 33.9 Å². The Morgan fingerprint density at radius 2 is 1.88 bits per heavy atom. The lowest BCUT2D eigenvalue weighted by molar-refractivity contribution is 0.0718. The van der Waals surface area contributed by atoms with Crippen LogP contribution in [0.5, 0.6) is 0 Å². The number of nitrogens with zero attached hydrogens (tertiary/aromatic N) is 3. The predicted octanol–water partition coefficient (Wildman–Crippen LogP) is 4.12. The maximum Gasteiger partial charge on any atom is 0.274 e. The van der Waals surface area contributed by atoms with Crippen molar-refractivity contribution in [3.63, 3.8) is 0 Å². The van der Waals surface area contributed by atoms with Crippen LogP contribution >= 0.6 is 11.6 Å². The Bertz CT molecular complexity index is 716. The van der Waals surface area contributed by atoms with Crippen LogP contribution in [0.2, 0.25) is 5.02 Å². The van der Waals surface area contributed by atoms with E-state index in [2.05, 4.69) is 21.4 Å². The lowest BCUT2D eigenvalue weighted by atomic mass is 10.1. The Morgan fingerprint density at radius 3 is 2.50 bits per heavy atom. The van der Waals surface area contributed by atoms with E-state index in [0.717, 1.165) is 42.7 Å². The monoisotopic (exact) mass is 344 g/mol. The van der Waals surface area contributed by atoms with Gasteiger partial charge in [0, 0.05) is 13.1 Å². The molecule has 1 N–H and O–H groups in total. The Morgan fingerprint density at radius 1 is 1.12 bits per heavy atom. The molecule has 1 amide bonds. The first-order valence-electron chi connectivity index (χ1n) is 8.19. The number of benzene rings is 1. The number of nitrogens with one attached hydrogen (secondary N) is 1. The quantitative estimate of drug-likeness (QED) is 0.910. The van der Waals surface area contributed by atoms with Crippen molar-refractivity contribution >= 4 is 29.0 Å². The van der Waals surface area contributed by atoms with E-state index < -0.39 is 0 Å². The summed E-state index contributed by atoms with van der Waals surface area (Å²) >= 11 is 6.30. The number of carbonyl (C=O) groups is 1. The van der Waals surface area contributed by atoms with E-state index in [-0.39, 0.29) is 5.91 Å². The zero-order chi connectivity index (χ0) is 17.1. The van der Waals surface area contributed by atoms with Gasteiger partial charge in [-0.1, -0.05) is 17.7 Å². The van der Waals surface area contributed by atoms with Gasteiger partial charge in [-0.05, 0) is 50.3 Å². The average Bonchev–Trinajstić information content (AvgIpc) is 2.59. The number of amides is 1. The summed E-state index contributed by atoms with van der Waals surface area (Å²) in [6.07, 6.45) is 6.41. The highest BCUT2D eigenvalue weighted by molar-refractivity contribution is 6.33. The van der Waals surface area contributed by atoms with E-state index in [0.29, 0.717) is 16.5 Å². The van der Waals surface area contributed by atoms with E-state index in [1.54, 1.807) is 6.20 Å². The fourth-order valence-electron chi connectivity index (χ4n) is 2.96. The molecule has 0 unspecified atom stereocenters. The molecule has 24 heavy (non-hydrogen) atoms. The molecule has 3 rings (SSSR count). The van der Waals surface area contributed by atoms with Crippen molar-refractivity contribution < 1.29 is 4.79 Å². The maximum absolute atomic E-state index is 12.4. The molecule has 1 fully saturated rings. The number of hydrogen-bond acceptors (Lipinski definition) is 4. The van der Waals surface area contributed by atoms with Crippen LogP contribution in [0.4, 0.5) is 11.5 Å². The molecule has 1 aromatic heterocycles. The minimum atomic E-state index is -0.0432. The van der Waals surface area contributed by atoms with Crippen molar-refractivity contribution in [2.75, 3.05) is 18.4 Å². The average molecular weight is 345 g/mol. The Kier molecular flexibility index (Phi) is 5.00. The molecule has 1 saturated heterocycles. The Balaban J connectivity index is 1.74. The van der Waals surface area contributed by atoms with Gasteiger partial charge in [-0.25, -0.2) is 9.97 Å². The first kappa shape index (κ1) is 16.7. The highest BCUT2D eigenvalue weighted by atomic mass is 35.5. The SMILES string of the molecule is Cc1cc(C)c(Nc2cnc(C(=O)N3CCCCC3)cn2)c(Cl)c1. The summed E-state index contributed by atoms with van der Waals surface area (Å²) in [4.78, 5) is 22.8. The molecule has 126 valence electrons. The van der Waals surface area contributed by atoms with Gasteiger partial charge in [0.15, 0.2) is 0 Å². The molecule has 6 heteroatoms. The highest BCUT2D eigenvalue weighted by Gasteiger charge is 2.19. The van der Waals surface area contributed by atoms with Gasteiger partial charge in [0.05, 0.1) is 23.1 Å². The summed E-state index contributed by atoms with van der Waals surface area (Å²) in [5.74, 6) is 0.525. The van der Waals surface area contributed by atoms with Gasteiger partial charge in [-0.3, -0.25) is 4.79 Å². The summed E-state index contributed by atoms with van der Waals surface area (Å²) in [5, 5.41) is 3.82. The van der Waals surface area contributed by atoms with Crippen molar-refractivity contribution in [2.24, 2.45) is 0 Å². The number of halogens is 1. The Labute approximate surface area is 147 Å². The van der Waals surface area contributed by atoms with Crippen LogP contribution in [0.3, 0.4) is 0 Å². The molecule has 1 aromatic carbocycles. The summed E-state index contributed by atoms with van der Waals surface area (Å²) in [7, 11) is 0. The molecule has 5 nitrogen and oxygen atoms in total. The second-order valence-electron chi connectivity index (χ2n) is 6.20. The molecule has 0 saturated carbocycles. The number of aryl methyl sites for hydroxylation is 2. The van der Waals surface area contributed by atoms with Crippen LogP contribution < -0.4 is 5.32 Å². The van der Waals surface area contributed by atoms with Crippen molar-refractivity contribution in [3.8, 4) is 0 Å². The molecule has 0 aliphatic carbocycles. The summed E-state index contributed by atoms with van der Waals surface area (Å²) < 4.78 is 0. The van der Waals surface area contributed by atoms with Gasteiger partial charge in [0.25, 0.3) is 5.91 Å². The molecule has 2 aromatic rings. The topological polar surface area (TPSA) is 58.1 Å². The van der Waals surface area contributed by atoms with Gasteiger partial charge in [0.2, 0.25) is 0 Å². The molecule has 0 spiro atoms. The minimum Gasteiger partial charge on any atom is -0.338 e. The summed E-state index contributed by atoms with van der Waals surface area (Å²) in [6.45, 7) is 5.60. The smallest absolute Gasteiger partial charge is 0.274 e. The fourth-order valence-corrected chi connectivity index (χ4v) is 3.33. The van der Waals surface area contributed by atoms with Gasteiger partial charge in [-0.15, -0.1) is 0 Å². The first-order valence-corrected chi connectivity index (χ1v) is 8.57. The first-order chi connectivity index (χ1) is 11.5. The number of hydrogen-bond donors (Lipinski definition) is 1. The van der Waals surface area contributed by atoms with Gasteiger partial charge in [0.1, 0.15) is 11.5 Å². The summed E-state index contributed by atoms with van der Waals surface area (Å²) in [6, 6.07) is 3.95. The molecule has 0 atom stereocenters. The van der Waals surface area contributed by atoms with Crippen molar-refractivity contribution in [1.82, 2.24) is 14.9 Å². The normalized spacial score (nSPS) is 14.5. The number of likely N-dealkylation sites (tertiary alicyclic amines) is 1. The van der Waals surface area contributed by atoms with E-state index in [1.165, 1.54) is 12.6 Å². The second kappa shape index (κ2) is 7.18. The van der Waals surface area contributed by atoms with Crippen LogP contribution in [0.25, 0.3) is 0 Å². The fraction of sp³-hybridized carbons (Fsp3) is 0.389. The third kappa shape index (κ3) is 3.67. The third-order valence-electron chi connectivity index (χ3n) is 4.20. The van der Waals surface area contributed by atoms with Crippen molar-refractivity contribution in [2.45, 2.75) is 33.1 Å². The molecule has 2 heterocycles. The molecule has 0 bridgehead atoms. The van der Waals surface area contributed by atoms with Gasteiger partial charge >= 0.3 is 0 Å². The van der Waals surface area contributed by atoms with Crippen LogP contribution in [-0.2, 0) is 0 Å². The largest absolute Gasteiger partial charge is 0.338 e. The lowest BCUT2D eigenvalue weighted by Gasteiger charge is -2.26. The van der Waals surface area contributed by atoms with E-state index in [4.69, 9.17) is 11.6 Å². The molecule has 0 radical (unpaired) electrons. The molecule has 1 aliphatic heterocycles. The van der Waals surface area contributed by atoms with Gasteiger partial charge < -0.3 is 10.2 Å². The van der Waals surface area contributed by atoms with Crippen LogP contribution in [0.15, 0.2) is 24.5 Å². The molecule has 1 aliphatic rings. The molecular formula is C18H21ClN4O. The zero-order valence-corrected chi connectivity index (χ0v) is 14.7. The van der Waals surface area contributed by atoms with Crippen molar-refractivity contribution in [3.05, 3.63) is 46.4 Å². The predicted molar refractivity (Wildman–Crippen MR) is 96.0 cm³/mol. The number of rotatable bonds is 3. The lowest BCUT2D eigenvalue weighted by Crippen LogP contribution is -2.36. The third-order valence-corrected chi connectivity index (χ3v) is 4.50. The Hall–Kier alpha value is -2.14. The number of piperidine rings is 1. The van der Waals surface area contributed by atoms with E-state index in [1.807, 2.05) is 24.8 Å². The van der Waals surface area contributed by atoms with Crippen LogP contribution in [0, 0.1) is 13.8 Å². The summed E-state index contributed by atoms with van der Waals surface area (Å²) in [5.41, 5.74) is 3.34. The molecular weight excluding hydrogens is 324 g/mol. The standard InChI is InChI=1S/C18H21ClN4O/c1-12-8-13(2)17(14(19)9-12)22-16-11-20-15(10-21-16)18(24)23-6-4-3-5-7-23/h8-11H,3-7H2,1-2H3,(H,21,22). The number of carbonyl (C=O) groups excluding carboxylic acids is 1. The maximum atomic E-state index is 12.4. The van der Waals surface area contributed by atoms with E-state index in [9.17, 15) is 4.79 Å². The highest BCUT2D eigenvalue weighted by Crippen LogP contribution is 2.29. The van der Waals surface area contributed by atoms with Crippen LogP contribution in [0.1, 0.15) is 40.9 Å². The second-order valence-corrected chi connectivity index (χ2v) is 6.61. The van der Waals surface area contributed by atoms with E-state index >= 15 is 0 Å².